The van der Waals surface area contributed by atoms with E-state index in [4.69, 9.17) is 4.74 Å². The van der Waals surface area contributed by atoms with Crippen LogP contribution in [0.5, 0.6) is 0 Å². The molecule has 1 N–H and O–H groups in total. The van der Waals surface area contributed by atoms with Crippen LogP contribution in [-0.2, 0) is 11.2 Å². The molecule has 2 rings (SSSR count). The number of aryl methyl sites for hydroxylation is 3. The van der Waals surface area contributed by atoms with Gasteiger partial charge in [-0.1, -0.05) is 24.6 Å². The zero-order valence-electron chi connectivity index (χ0n) is 14.2. The Hall–Kier alpha value is -0.860. The third-order valence-electron chi connectivity index (χ3n) is 4.58. The van der Waals surface area contributed by atoms with Crippen molar-refractivity contribution >= 4 is 0 Å². The maximum Gasteiger partial charge on any atom is 0.0731 e. The van der Waals surface area contributed by atoms with Crippen LogP contribution in [0.15, 0.2) is 12.1 Å². The van der Waals surface area contributed by atoms with E-state index in [1.165, 1.54) is 47.9 Å². The van der Waals surface area contributed by atoms with Gasteiger partial charge in [-0.3, -0.25) is 0 Å². The number of rotatable bonds is 6. The summed E-state index contributed by atoms with van der Waals surface area (Å²) in [7, 11) is 0. The van der Waals surface area contributed by atoms with Crippen LogP contribution >= 0.6 is 0 Å². The van der Waals surface area contributed by atoms with Crippen molar-refractivity contribution in [3.63, 3.8) is 0 Å². The zero-order chi connectivity index (χ0) is 15.2. The standard InChI is InChI=1S/C19H31NO/c1-5-9-20-18(19-8-6-7-10-21-19)13-17-15(3)11-14(2)12-16(17)4/h11-12,18-20H,5-10,13H2,1-4H3. The highest BCUT2D eigenvalue weighted by Gasteiger charge is 2.25. The second kappa shape index (κ2) is 7.95. The molecule has 0 aromatic heterocycles. The predicted octanol–water partition coefficient (Wildman–Crippen LogP) is 4.09. The molecule has 1 aromatic carbocycles. The fourth-order valence-electron chi connectivity index (χ4n) is 3.50. The normalized spacial score (nSPS) is 20.5. The van der Waals surface area contributed by atoms with Gasteiger partial charge in [0.2, 0.25) is 0 Å². The summed E-state index contributed by atoms with van der Waals surface area (Å²) in [5.74, 6) is 0. The molecule has 21 heavy (non-hydrogen) atoms. The Kier molecular flexibility index (Phi) is 6.25. The number of nitrogens with one attached hydrogen (secondary N) is 1. The second-order valence-electron chi connectivity index (χ2n) is 6.55. The third-order valence-corrected chi connectivity index (χ3v) is 4.58. The summed E-state index contributed by atoms with van der Waals surface area (Å²) in [6, 6.07) is 5.06. The Balaban J connectivity index is 2.13. The second-order valence-corrected chi connectivity index (χ2v) is 6.55. The summed E-state index contributed by atoms with van der Waals surface area (Å²) in [5, 5.41) is 3.73. The van der Waals surface area contributed by atoms with Gasteiger partial charge in [-0.2, -0.15) is 0 Å². The Morgan fingerprint density at radius 3 is 2.48 bits per heavy atom. The Morgan fingerprint density at radius 2 is 1.90 bits per heavy atom. The van der Waals surface area contributed by atoms with Gasteiger partial charge < -0.3 is 10.1 Å². The van der Waals surface area contributed by atoms with E-state index in [0.717, 1.165) is 19.6 Å². The lowest BCUT2D eigenvalue weighted by Crippen LogP contribution is -2.45. The Morgan fingerprint density at radius 1 is 1.19 bits per heavy atom. The lowest BCUT2D eigenvalue weighted by atomic mass is 9.90. The van der Waals surface area contributed by atoms with Gasteiger partial charge in [-0.25, -0.2) is 0 Å². The molecule has 0 bridgehead atoms. The minimum atomic E-state index is 0.380. The molecule has 1 aliphatic heterocycles. The quantitative estimate of drug-likeness (QED) is 0.851. The average molecular weight is 289 g/mol. The van der Waals surface area contributed by atoms with Crippen LogP contribution < -0.4 is 5.32 Å². The van der Waals surface area contributed by atoms with E-state index < -0.39 is 0 Å². The number of benzene rings is 1. The molecule has 0 amide bonds. The van der Waals surface area contributed by atoms with Crippen molar-refractivity contribution in [2.45, 2.75) is 71.9 Å². The van der Waals surface area contributed by atoms with Crippen molar-refractivity contribution in [1.29, 1.82) is 0 Å². The van der Waals surface area contributed by atoms with E-state index in [0.29, 0.717) is 12.1 Å². The molecule has 0 spiro atoms. The minimum absolute atomic E-state index is 0.380. The zero-order valence-corrected chi connectivity index (χ0v) is 14.2. The Bertz CT molecular complexity index is 426. The van der Waals surface area contributed by atoms with E-state index in [2.05, 4.69) is 45.1 Å². The molecule has 0 radical (unpaired) electrons. The van der Waals surface area contributed by atoms with Gasteiger partial charge in [0.25, 0.3) is 0 Å². The van der Waals surface area contributed by atoms with Crippen molar-refractivity contribution in [3.8, 4) is 0 Å². The lowest BCUT2D eigenvalue weighted by molar-refractivity contribution is -0.00742. The van der Waals surface area contributed by atoms with Crippen molar-refractivity contribution in [2.75, 3.05) is 13.2 Å². The first kappa shape index (κ1) is 16.5. The fraction of sp³-hybridized carbons (Fsp3) is 0.684. The van der Waals surface area contributed by atoms with Crippen LogP contribution in [-0.4, -0.2) is 25.3 Å². The molecule has 1 aliphatic rings. The van der Waals surface area contributed by atoms with E-state index in [-0.39, 0.29) is 0 Å². The summed E-state index contributed by atoms with van der Waals surface area (Å²) in [5.41, 5.74) is 5.71. The van der Waals surface area contributed by atoms with Crippen LogP contribution in [0.3, 0.4) is 0 Å². The van der Waals surface area contributed by atoms with Gasteiger partial charge in [0.05, 0.1) is 6.10 Å². The van der Waals surface area contributed by atoms with E-state index in [9.17, 15) is 0 Å². The highest BCUT2D eigenvalue weighted by molar-refractivity contribution is 5.38. The molecule has 1 fully saturated rings. The van der Waals surface area contributed by atoms with Crippen molar-refractivity contribution in [3.05, 3.63) is 34.4 Å². The van der Waals surface area contributed by atoms with Gasteiger partial charge >= 0.3 is 0 Å². The number of hydrogen-bond acceptors (Lipinski definition) is 2. The van der Waals surface area contributed by atoms with Gasteiger partial charge in [-0.15, -0.1) is 0 Å². The molecule has 1 heterocycles. The van der Waals surface area contributed by atoms with Crippen LogP contribution in [0.4, 0.5) is 0 Å². The molecule has 2 nitrogen and oxygen atoms in total. The van der Waals surface area contributed by atoms with Crippen molar-refractivity contribution in [1.82, 2.24) is 5.32 Å². The number of ether oxygens (including phenoxy) is 1. The van der Waals surface area contributed by atoms with Crippen LogP contribution in [0, 0.1) is 20.8 Å². The van der Waals surface area contributed by atoms with E-state index in [1.807, 2.05) is 0 Å². The first-order valence-electron chi connectivity index (χ1n) is 8.53. The SMILES string of the molecule is CCCNC(Cc1c(C)cc(C)cc1C)C1CCCCO1. The van der Waals surface area contributed by atoms with Gasteiger partial charge in [-0.05, 0) is 76.1 Å². The molecule has 0 aliphatic carbocycles. The summed E-state index contributed by atoms with van der Waals surface area (Å²) in [4.78, 5) is 0. The molecule has 2 atom stereocenters. The summed E-state index contributed by atoms with van der Waals surface area (Å²) >= 11 is 0. The fourth-order valence-corrected chi connectivity index (χ4v) is 3.50. The summed E-state index contributed by atoms with van der Waals surface area (Å²) in [6.45, 7) is 10.9. The molecule has 2 heteroatoms. The van der Waals surface area contributed by atoms with Crippen molar-refractivity contribution < 1.29 is 4.74 Å². The molecular weight excluding hydrogens is 258 g/mol. The highest BCUT2D eigenvalue weighted by Crippen LogP contribution is 2.23. The molecular formula is C19H31NO. The first-order valence-corrected chi connectivity index (χ1v) is 8.53. The predicted molar refractivity (Wildman–Crippen MR) is 90.0 cm³/mol. The average Bonchev–Trinajstić information content (AvgIpc) is 2.46. The molecule has 0 saturated carbocycles. The third kappa shape index (κ3) is 4.55. The largest absolute Gasteiger partial charge is 0.377 e. The minimum Gasteiger partial charge on any atom is -0.377 e. The van der Waals surface area contributed by atoms with Crippen LogP contribution in [0.2, 0.25) is 0 Å². The smallest absolute Gasteiger partial charge is 0.0731 e. The lowest BCUT2D eigenvalue weighted by Gasteiger charge is -2.32. The van der Waals surface area contributed by atoms with Crippen molar-refractivity contribution in [2.24, 2.45) is 0 Å². The molecule has 1 saturated heterocycles. The van der Waals surface area contributed by atoms with E-state index in [1.54, 1.807) is 0 Å². The van der Waals surface area contributed by atoms with Crippen LogP contribution in [0.1, 0.15) is 54.9 Å². The maximum absolute atomic E-state index is 6.05. The number of hydrogen-bond donors (Lipinski definition) is 1. The molecule has 1 aromatic rings. The Labute approximate surface area is 130 Å². The highest BCUT2D eigenvalue weighted by atomic mass is 16.5. The summed E-state index contributed by atoms with van der Waals surface area (Å²) in [6.07, 6.45) is 6.37. The van der Waals surface area contributed by atoms with Gasteiger partial charge in [0.1, 0.15) is 0 Å². The maximum atomic E-state index is 6.05. The topological polar surface area (TPSA) is 21.3 Å². The monoisotopic (exact) mass is 289 g/mol. The molecule has 2 unspecified atom stereocenters. The van der Waals surface area contributed by atoms with Crippen LogP contribution in [0.25, 0.3) is 0 Å². The molecule has 118 valence electrons. The van der Waals surface area contributed by atoms with Gasteiger partial charge in [0, 0.05) is 12.6 Å². The van der Waals surface area contributed by atoms with Gasteiger partial charge in [0.15, 0.2) is 0 Å². The summed E-state index contributed by atoms with van der Waals surface area (Å²) < 4.78 is 6.05. The van der Waals surface area contributed by atoms with E-state index >= 15 is 0 Å². The first-order chi connectivity index (χ1) is 10.1.